The number of amides is 1. The van der Waals surface area contributed by atoms with E-state index in [2.05, 4.69) is 0 Å². The highest BCUT2D eigenvalue weighted by Gasteiger charge is 2.13. The molecule has 3 nitrogen and oxygen atoms in total. The number of likely N-dealkylation sites (N-methyl/N-ethyl adjacent to an activating group) is 1. The Kier molecular flexibility index (Phi) is 4.58. The molecule has 1 aromatic carbocycles. The molecular formula is C15H18N2OS. The zero-order valence-corrected chi connectivity index (χ0v) is 11.8. The van der Waals surface area contributed by atoms with Gasteiger partial charge in [0.15, 0.2) is 0 Å². The molecule has 0 bridgehead atoms. The quantitative estimate of drug-likeness (QED) is 0.852. The highest BCUT2D eigenvalue weighted by molar-refractivity contribution is 7.07. The Morgan fingerprint density at radius 3 is 2.79 bits per heavy atom. The monoisotopic (exact) mass is 274 g/mol. The van der Waals surface area contributed by atoms with Gasteiger partial charge in [0, 0.05) is 18.8 Å². The average molecular weight is 274 g/mol. The van der Waals surface area contributed by atoms with Crippen molar-refractivity contribution in [3.8, 4) is 0 Å². The average Bonchev–Trinajstić information content (AvgIpc) is 2.88. The minimum absolute atomic E-state index is 0.156. The topological polar surface area (TPSA) is 46.3 Å². The summed E-state index contributed by atoms with van der Waals surface area (Å²) in [5.74, 6) is 0.156. The van der Waals surface area contributed by atoms with Gasteiger partial charge >= 0.3 is 0 Å². The van der Waals surface area contributed by atoms with E-state index in [4.69, 9.17) is 5.73 Å². The third kappa shape index (κ3) is 3.83. The first kappa shape index (κ1) is 13.6. The lowest BCUT2D eigenvalue weighted by Crippen LogP contribution is -2.31. The molecule has 1 heterocycles. The molecule has 19 heavy (non-hydrogen) atoms. The summed E-state index contributed by atoms with van der Waals surface area (Å²) >= 11 is 1.62. The van der Waals surface area contributed by atoms with Crippen LogP contribution in [0.1, 0.15) is 18.1 Å². The summed E-state index contributed by atoms with van der Waals surface area (Å²) in [6, 6.07) is 9.68. The van der Waals surface area contributed by atoms with Crippen molar-refractivity contribution in [3.63, 3.8) is 0 Å². The van der Waals surface area contributed by atoms with Crippen LogP contribution in [-0.4, -0.2) is 17.4 Å². The number of nitrogen functional groups attached to an aromatic ring is 1. The Hall–Kier alpha value is -1.81. The second kappa shape index (κ2) is 6.38. The minimum Gasteiger partial charge on any atom is -0.399 e. The summed E-state index contributed by atoms with van der Waals surface area (Å²) in [5, 5.41) is 4.02. The molecule has 0 spiro atoms. The maximum atomic E-state index is 12.2. The summed E-state index contributed by atoms with van der Waals surface area (Å²) in [5.41, 5.74) is 8.65. The van der Waals surface area contributed by atoms with E-state index in [0.29, 0.717) is 19.5 Å². The van der Waals surface area contributed by atoms with Gasteiger partial charge in [-0.05, 0) is 47.0 Å². The molecule has 1 aromatic heterocycles. The summed E-state index contributed by atoms with van der Waals surface area (Å²) in [6.45, 7) is 3.32. The molecule has 0 aliphatic rings. The molecule has 2 aromatic rings. The number of carbonyl (C=O) groups excluding carboxylic acids is 1. The van der Waals surface area contributed by atoms with E-state index in [1.807, 2.05) is 52.9 Å². The fraction of sp³-hybridized carbons (Fsp3) is 0.267. The van der Waals surface area contributed by atoms with Crippen LogP contribution in [-0.2, 0) is 17.8 Å². The summed E-state index contributed by atoms with van der Waals surface area (Å²) < 4.78 is 0. The highest BCUT2D eigenvalue weighted by Crippen LogP contribution is 2.12. The van der Waals surface area contributed by atoms with Crippen molar-refractivity contribution in [1.29, 1.82) is 0 Å². The largest absolute Gasteiger partial charge is 0.399 e. The van der Waals surface area contributed by atoms with Crippen LogP contribution >= 0.6 is 11.3 Å². The van der Waals surface area contributed by atoms with Crippen molar-refractivity contribution in [3.05, 3.63) is 52.2 Å². The lowest BCUT2D eigenvalue weighted by atomic mass is 10.1. The fourth-order valence-corrected chi connectivity index (χ4v) is 2.64. The SMILES string of the molecule is CCN(Cc1cccc(N)c1)C(=O)Cc1ccsc1. The van der Waals surface area contributed by atoms with Gasteiger partial charge in [0.25, 0.3) is 0 Å². The second-order valence-corrected chi connectivity index (χ2v) is 5.24. The van der Waals surface area contributed by atoms with Crippen molar-refractivity contribution in [2.75, 3.05) is 12.3 Å². The normalized spacial score (nSPS) is 10.4. The molecule has 0 saturated heterocycles. The van der Waals surface area contributed by atoms with Crippen molar-refractivity contribution in [2.24, 2.45) is 0 Å². The molecule has 0 saturated carbocycles. The van der Waals surface area contributed by atoms with Crippen LogP contribution in [0, 0.1) is 0 Å². The number of anilines is 1. The van der Waals surface area contributed by atoms with E-state index in [0.717, 1.165) is 16.8 Å². The Morgan fingerprint density at radius 1 is 1.32 bits per heavy atom. The molecule has 0 unspecified atom stereocenters. The van der Waals surface area contributed by atoms with Gasteiger partial charge in [-0.1, -0.05) is 12.1 Å². The first-order chi connectivity index (χ1) is 9.19. The van der Waals surface area contributed by atoms with Gasteiger partial charge in [-0.15, -0.1) is 0 Å². The Bertz CT molecular complexity index is 537. The number of thiophene rings is 1. The highest BCUT2D eigenvalue weighted by atomic mass is 32.1. The third-order valence-corrected chi connectivity index (χ3v) is 3.73. The molecule has 100 valence electrons. The number of hydrogen-bond donors (Lipinski definition) is 1. The zero-order valence-electron chi connectivity index (χ0n) is 11.0. The van der Waals surface area contributed by atoms with Crippen LogP contribution in [0.25, 0.3) is 0 Å². The van der Waals surface area contributed by atoms with Gasteiger partial charge in [0.2, 0.25) is 5.91 Å². The number of rotatable bonds is 5. The molecule has 4 heteroatoms. The zero-order chi connectivity index (χ0) is 13.7. The standard InChI is InChI=1S/C15H18N2OS/c1-2-17(10-12-4-3-5-14(16)8-12)15(18)9-13-6-7-19-11-13/h3-8,11H,2,9-10,16H2,1H3. The molecule has 2 rings (SSSR count). The smallest absolute Gasteiger partial charge is 0.227 e. The van der Waals surface area contributed by atoms with Gasteiger partial charge in [0.05, 0.1) is 6.42 Å². The molecule has 0 atom stereocenters. The number of nitrogens with zero attached hydrogens (tertiary/aromatic N) is 1. The predicted molar refractivity (Wildman–Crippen MR) is 80.0 cm³/mol. The van der Waals surface area contributed by atoms with Crippen molar-refractivity contribution in [1.82, 2.24) is 4.90 Å². The fourth-order valence-electron chi connectivity index (χ4n) is 1.97. The van der Waals surface area contributed by atoms with Crippen molar-refractivity contribution in [2.45, 2.75) is 19.9 Å². The molecule has 0 aliphatic heterocycles. The molecule has 1 amide bonds. The van der Waals surface area contributed by atoms with E-state index in [1.54, 1.807) is 11.3 Å². The predicted octanol–water partition coefficient (Wildman–Crippen LogP) is 2.92. The minimum atomic E-state index is 0.156. The van der Waals surface area contributed by atoms with Crippen LogP contribution in [0.4, 0.5) is 5.69 Å². The van der Waals surface area contributed by atoms with Crippen LogP contribution in [0.5, 0.6) is 0 Å². The number of carbonyl (C=O) groups is 1. The first-order valence-corrected chi connectivity index (χ1v) is 7.26. The van der Waals surface area contributed by atoms with Crippen LogP contribution in [0.3, 0.4) is 0 Å². The van der Waals surface area contributed by atoms with Gasteiger partial charge in [0.1, 0.15) is 0 Å². The Morgan fingerprint density at radius 2 is 2.16 bits per heavy atom. The lowest BCUT2D eigenvalue weighted by molar-refractivity contribution is -0.130. The summed E-state index contributed by atoms with van der Waals surface area (Å²) in [7, 11) is 0. The molecular weight excluding hydrogens is 256 g/mol. The maximum absolute atomic E-state index is 12.2. The van der Waals surface area contributed by atoms with Crippen molar-refractivity contribution >= 4 is 22.9 Å². The first-order valence-electron chi connectivity index (χ1n) is 6.32. The van der Waals surface area contributed by atoms with Gasteiger partial charge in [-0.3, -0.25) is 4.79 Å². The molecule has 0 aliphatic carbocycles. The van der Waals surface area contributed by atoms with E-state index in [-0.39, 0.29) is 5.91 Å². The summed E-state index contributed by atoms with van der Waals surface area (Å²) in [6.07, 6.45) is 0.472. The molecule has 0 fully saturated rings. The van der Waals surface area contributed by atoms with E-state index in [9.17, 15) is 4.79 Å². The molecule has 2 N–H and O–H groups in total. The second-order valence-electron chi connectivity index (χ2n) is 4.46. The van der Waals surface area contributed by atoms with Gasteiger partial charge in [-0.2, -0.15) is 11.3 Å². The van der Waals surface area contributed by atoms with Crippen LogP contribution < -0.4 is 5.73 Å². The van der Waals surface area contributed by atoms with Gasteiger partial charge < -0.3 is 10.6 Å². The number of benzene rings is 1. The van der Waals surface area contributed by atoms with E-state index in [1.165, 1.54) is 0 Å². The number of hydrogen-bond acceptors (Lipinski definition) is 3. The Labute approximate surface area is 117 Å². The third-order valence-electron chi connectivity index (χ3n) is 2.99. The summed E-state index contributed by atoms with van der Waals surface area (Å²) in [4.78, 5) is 14.1. The maximum Gasteiger partial charge on any atom is 0.227 e. The number of nitrogens with two attached hydrogens (primary N) is 1. The van der Waals surface area contributed by atoms with Crippen LogP contribution in [0.2, 0.25) is 0 Å². The van der Waals surface area contributed by atoms with E-state index >= 15 is 0 Å². The van der Waals surface area contributed by atoms with Gasteiger partial charge in [-0.25, -0.2) is 0 Å². The van der Waals surface area contributed by atoms with Crippen molar-refractivity contribution < 1.29 is 4.79 Å². The van der Waals surface area contributed by atoms with Crippen LogP contribution in [0.15, 0.2) is 41.1 Å². The van der Waals surface area contributed by atoms with E-state index < -0.39 is 0 Å². The lowest BCUT2D eigenvalue weighted by Gasteiger charge is -2.21. The molecule has 0 radical (unpaired) electrons. The Balaban J connectivity index is 2.01.